The summed E-state index contributed by atoms with van der Waals surface area (Å²) in [6.45, 7) is 4.66. The van der Waals surface area contributed by atoms with E-state index in [-0.39, 0.29) is 30.2 Å². The first-order valence-electron chi connectivity index (χ1n) is 10.6. The van der Waals surface area contributed by atoms with Crippen molar-refractivity contribution in [3.8, 4) is 0 Å². The average Bonchev–Trinajstić information content (AvgIpc) is 2.75. The van der Waals surface area contributed by atoms with E-state index in [1.807, 2.05) is 32.0 Å². The normalized spacial score (nSPS) is 18.7. The van der Waals surface area contributed by atoms with Gasteiger partial charge in [-0.1, -0.05) is 42.8 Å². The predicted molar refractivity (Wildman–Crippen MR) is 118 cm³/mol. The van der Waals surface area contributed by atoms with Gasteiger partial charge < -0.3 is 5.32 Å². The van der Waals surface area contributed by atoms with Crippen molar-refractivity contribution in [3.63, 3.8) is 0 Å². The molecule has 1 amide bonds. The third-order valence-corrected chi connectivity index (χ3v) is 7.57. The van der Waals surface area contributed by atoms with Gasteiger partial charge in [-0.15, -0.1) is 0 Å². The van der Waals surface area contributed by atoms with Crippen LogP contribution in [0.4, 0.5) is 0 Å². The number of carbonyl (C=O) groups excluding carboxylic acids is 1. The average molecular weight is 430 g/mol. The largest absolute Gasteiger partial charge is 0.347 e. The zero-order valence-corrected chi connectivity index (χ0v) is 18.6. The van der Waals surface area contributed by atoms with Crippen LogP contribution in [0.3, 0.4) is 0 Å². The number of rotatable bonds is 8. The molecule has 0 spiro atoms. The van der Waals surface area contributed by atoms with E-state index in [0.717, 1.165) is 11.3 Å². The molecular weight excluding hydrogens is 398 g/mol. The van der Waals surface area contributed by atoms with Gasteiger partial charge in [0.15, 0.2) is 0 Å². The molecule has 2 unspecified atom stereocenters. The maximum atomic E-state index is 13.1. The first kappa shape index (κ1) is 22.4. The summed E-state index contributed by atoms with van der Waals surface area (Å²) in [4.78, 5) is 17.5. The first-order valence-corrected chi connectivity index (χ1v) is 12.2. The van der Waals surface area contributed by atoms with Crippen molar-refractivity contribution in [1.82, 2.24) is 14.6 Å². The van der Waals surface area contributed by atoms with Crippen molar-refractivity contribution in [2.24, 2.45) is 5.92 Å². The fraction of sp³-hybridized carbons (Fsp3) is 0.478. The van der Waals surface area contributed by atoms with E-state index in [0.29, 0.717) is 32.2 Å². The Morgan fingerprint density at radius 3 is 2.67 bits per heavy atom. The predicted octanol–water partition coefficient (Wildman–Crippen LogP) is 3.24. The second-order valence-electron chi connectivity index (χ2n) is 8.02. The molecule has 0 saturated carbocycles. The summed E-state index contributed by atoms with van der Waals surface area (Å²) in [5.41, 5.74) is 3.11. The van der Waals surface area contributed by atoms with Crippen molar-refractivity contribution in [1.29, 1.82) is 0 Å². The maximum Gasteiger partial charge on any atom is 0.224 e. The lowest BCUT2D eigenvalue weighted by Crippen LogP contribution is -2.46. The number of hydrogen-bond acceptors (Lipinski definition) is 4. The molecule has 1 aromatic carbocycles. The first-order chi connectivity index (χ1) is 14.4. The Morgan fingerprint density at radius 1 is 1.23 bits per heavy atom. The van der Waals surface area contributed by atoms with Crippen molar-refractivity contribution < 1.29 is 13.2 Å². The number of hydrogen-bond donors (Lipinski definition) is 1. The number of aryl methyl sites for hydroxylation is 1. The number of pyridine rings is 1. The van der Waals surface area contributed by atoms with Crippen LogP contribution in [-0.4, -0.2) is 42.5 Å². The summed E-state index contributed by atoms with van der Waals surface area (Å²) >= 11 is 0. The van der Waals surface area contributed by atoms with Crippen LogP contribution in [0.15, 0.2) is 48.7 Å². The number of sulfonamides is 1. The molecule has 0 aliphatic carbocycles. The van der Waals surface area contributed by atoms with Crippen LogP contribution in [0.5, 0.6) is 0 Å². The van der Waals surface area contributed by atoms with Gasteiger partial charge in [0, 0.05) is 19.3 Å². The second-order valence-corrected chi connectivity index (χ2v) is 10.1. The van der Waals surface area contributed by atoms with Crippen molar-refractivity contribution in [2.75, 3.05) is 18.8 Å². The summed E-state index contributed by atoms with van der Waals surface area (Å²) in [6, 6.07) is 13.7. The fourth-order valence-electron chi connectivity index (χ4n) is 3.86. The molecule has 2 heterocycles. The molecule has 2 aromatic rings. The van der Waals surface area contributed by atoms with Crippen LogP contribution in [0.1, 0.15) is 49.0 Å². The Balaban J connectivity index is 1.73. The lowest BCUT2D eigenvalue weighted by molar-refractivity contribution is -0.126. The molecule has 1 fully saturated rings. The van der Waals surface area contributed by atoms with E-state index in [4.69, 9.17) is 0 Å². The minimum atomic E-state index is -3.29. The highest BCUT2D eigenvalue weighted by Gasteiger charge is 2.32. The highest BCUT2D eigenvalue weighted by molar-refractivity contribution is 7.89. The molecular formula is C23H31N3O3S. The number of nitrogens with one attached hydrogen (secondary N) is 1. The van der Waals surface area contributed by atoms with E-state index in [9.17, 15) is 13.2 Å². The molecule has 30 heavy (non-hydrogen) atoms. The molecule has 1 N–H and O–H groups in total. The van der Waals surface area contributed by atoms with Gasteiger partial charge in [0.25, 0.3) is 0 Å². The third kappa shape index (κ3) is 5.89. The molecule has 2 atom stereocenters. The Labute approximate surface area is 179 Å². The van der Waals surface area contributed by atoms with Gasteiger partial charge in [-0.25, -0.2) is 12.7 Å². The van der Waals surface area contributed by atoms with Gasteiger partial charge in [0.2, 0.25) is 15.9 Å². The number of piperidine rings is 1. The smallest absolute Gasteiger partial charge is 0.224 e. The molecule has 6 nitrogen and oxygen atoms in total. The van der Waals surface area contributed by atoms with Crippen LogP contribution in [0, 0.1) is 12.8 Å². The zero-order valence-electron chi connectivity index (χ0n) is 17.8. The van der Waals surface area contributed by atoms with E-state index in [1.165, 1.54) is 9.87 Å². The lowest BCUT2D eigenvalue weighted by Gasteiger charge is -2.32. The Bertz CT molecular complexity index is 930. The van der Waals surface area contributed by atoms with Gasteiger partial charge >= 0.3 is 0 Å². The molecule has 1 aliphatic heterocycles. The molecule has 1 aromatic heterocycles. The monoisotopic (exact) mass is 429 g/mol. The highest BCUT2D eigenvalue weighted by Crippen LogP contribution is 2.23. The number of amides is 1. The topological polar surface area (TPSA) is 79.4 Å². The summed E-state index contributed by atoms with van der Waals surface area (Å²) in [5, 5.41) is 3.15. The van der Waals surface area contributed by atoms with Crippen molar-refractivity contribution in [3.05, 3.63) is 65.5 Å². The van der Waals surface area contributed by atoms with Crippen molar-refractivity contribution >= 4 is 15.9 Å². The zero-order chi connectivity index (χ0) is 21.6. The van der Waals surface area contributed by atoms with Gasteiger partial charge in [-0.05, 0) is 50.3 Å². The van der Waals surface area contributed by atoms with Gasteiger partial charge in [-0.2, -0.15) is 0 Å². The van der Waals surface area contributed by atoms with E-state index >= 15 is 0 Å². The second kappa shape index (κ2) is 10.2. The Morgan fingerprint density at radius 2 is 2.00 bits per heavy atom. The van der Waals surface area contributed by atoms with Crippen LogP contribution < -0.4 is 5.32 Å². The van der Waals surface area contributed by atoms with Crippen LogP contribution in [-0.2, 0) is 21.2 Å². The van der Waals surface area contributed by atoms with Crippen LogP contribution >= 0.6 is 0 Å². The molecule has 1 saturated heterocycles. The van der Waals surface area contributed by atoms with E-state index < -0.39 is 10.0 Å². The van der Waals surface area contributed by atoms with Gasteiger partial charge in [-0.3, -0.25) is 9.78 Å². The molecule has 3 rings (SSSR count). The van der Waals surface area contributed by atoms with E-state index in [2.05, 4.69) is 34.6 Å². The molecule has 162 valence electrons. The number of aromatic nitrogens is 1. The summed E-state index contributed by atoms with van der Waals surface area (Å²) in [6.07, 6.45) is 4.33. The summed E-state index contributed by atoms with van der Waals surface area (Å²) in [7, 11) is -3.29. The molecule has 7 heteroatoms. The standard InChI is InChI=1S/C23H31N3O3S/c1-3-15-30(28,29)26-14-6-7-20(17-26)23(27)25-22(21-8-4-5-13-24-21)16-19-11-9-18(2)10-12-19/h4-5,8-13,20,22H,3,6-7,14-17H2,1-2H3,(H,25,27). The summed E-state index contributed by atoms with van der Waals surface area (Å²) < 4.78 is 26.4. The quantitative estimate of drug-likeness (QED) is 0.699. The molecule has 1 aliphatic rings. The minimum Gasteiger partial charge on any atom is -0.347 e. The molecule has 0 bridgehead atoms. The van der Waals surface area contributed by atoms with Gasteiger partial charge in [0.05, 0.1) is 23.4 Å². The third-order valence-electron chi connectivity index (χ3n) is 5.53. The SMILES string of the molecule is CCCS(=O)(=O)N1CCCC(C(=O)NC(Cc2ccc(C)cc2)c2ccccn2)C1. The minimum absolute atomic E-state index is 0.103. The lowest BCUT2D eigenvalue weighted by atomic mass is 9.96. The number of nitrogens with zero attached hydrogens (tertiary/aromatic N) is 2. The van der Waals surface area contributed by atoms with Crippen molar-refractivity contribution in [2.45, 2.75) is 45.6 Å². The maximum absolute atomic E-state index is 13.1. The fourth-order valence-corrected chi connectivity index (χ4v) is 5.45. The number of carbonyl (C=O) groups is 1. The summed E-state index contributed by atoms with van der Waals surface area (Å²) in [5.74, 6) is -0.311. The highest BCUT2D eigenvalue weighted by atomic mass is 32.2. The van der Waals surface area contributed by atoms with Crippen LogP contribution in [0.2, 0.25) is 0 Å². The Hall–Kier alpha value is -2.25. The number of benzene rings is 1. The van der Waals surface area contributed by atoms with Gasteiger partial charge in [0.1, 0.15) is 0 Å². The molecule has 0 radical (unpaired) electrons. The van der Waals surface area contributed by atoms with E-state index in [1.54, 1.807) is 6.20 Å². The Kier molecular flexibility index (Phi) is 7.61. The van der Waals surface area contributed by atoms with Crippen LogP contribution in [0.25, 0.3) is 0 Å².